The lowest BCUT2D eigenvalue weighted by atomic mass is 10.2. The topological polar surface area (TPSA) is 77.3 Å². The van der Waals surface area contributed by atoms with Crippen molar-refractivity contribution in [3.63, 3.8) is 0 Å². The number of sulfone groups is 1. The number of nitrogens with zero attached hydrogens (tertiary/aromatic N) is 1. The summed E-state index contributed by atoms with van der Waals surface area (Å²) >= 11 is 0. The lowest BCUT2D eigenvalue weighted by Gasteiger charge is -1.98. The van der Waals surface area contributed by atoms with Gasteiger partial charge < -0.3 is 0 Å². The zero-order valence-electron chi connectivity index (χ0n) is 10.3. The van der Waals surface area contributed by atoms with E-state index < -0.39 is 14.8 Å². The maximum Gasteiger partial charge on any atom is 0.269 e. The molecule has 0 fully saturated rings. The van der Waals surface area contributed by atoms with Gasteiger partial charge in [-0.25, -0.2) is 8.42 Å². The van der Waals surface area contributed by atoms with E-state index in [0.717, 1.165) is 5.41 Å². The normalized spacial score (nSPS) is 11.6. The molecule has 0 heterocycles. The summed E-state index contributed by atoms with van der Waals surface area (Å²) in [5.74, 6) is 0. The summed E-state index contributed by atoms with van der Waals surface area (Å²) in [5, 5.41) is 11.6. The Balaban J connectivity index is 2.23. The van der Waals surface area contributed by atoms with E-state index >= 15 is 0 Å². The maximum absolute atomic E-state index is 12.0. The zero-order valence-corrected chi connectivity index (χ0v) is 11.2. The van der Waals surface area contributed by atoms with Gasteiger partial charge in [-0.2, -0.15) is 0 Å². The molecule has 0 atom stereocenters. The third-order valence-corrected chi connectivity index (χ3v) is 4.04. The number of benzene rings is 2. The summed E-state index contributed by atoms with van der Waals surface area (Å²) in [6.07, 6.45) is 1.41. The predicted molar refractivity (Wildman–Crippen MR) is 75.8 cm³/mol. The van der Waals surface area contributed by atoms with Gasteiger partial charge >= 0.3 is 0 Å². The largest absolute Gasteiger partial charge is 0.269 e. The van der Waals surface area contributed by atoms with E-state index in [1.165, 1.54) is 42.5 Å². The van der Waals surface area contributed by atoms with Crippen LogP contribution in [0.15, 0.2) is 64.9 Å². The standard InChI is InChI=1S/C14H11NO4S/c16-15(17)13-8-6-12(7-9-13)10-11-20(18,19)14-4-2-1-3-5-14/h1-11H/b11-10+. The van der Waals surface area contributed by atoms with Crippen LogP contribution < -0.4 is 0 Å². The van der Waals surface area contributed by atoms with Gasteiger partial charge in [0.15, 0.2) is 9.84 Å². The molecule has 2 aromatic rings. The summed E-state index contributed by atoms with van der Waals surface area (Å²) in [7, 11) is -3.50. The van der Waals surface area contributed by atoms with Gasteiger partial charge in [-0.1, -0.05) is 18.2 Å². The molecule has 0 unspecified atom stereocenters. The number of nitro groups is 1. The van der Waals surface area contributed by atoms with Crippen LogP contribution in [0, 0.1) is 10.1 Å². The second kappa shape index (κ2) is 5.66. The number of non-ortho nitro benzene ring substituents is 1. The van der Waals surface area contributed by atoms with Gasteiger partial charge in [-0.15, -0.1) is 0 Å². The maximum atomic E-state index is 12.0. The highest BCUT2D eigenvalue weighted by atomic mass is 32.2. The van der Waals surface area contributed by atoms with Crippen LogP contribution in [0.2, 0.25) is 0 Å². The van der Waals surface area contributed by atoms with E-state index in [1.807, 2.05) is 0 Å². The molecular weight excluding hydrogens is 278 g/mol. The quantitative estimate of drug-likeness (QED) is 0.640. The van der Waals surface area contributed by atoms with Crippen molar-refractivity contribution in [1.29, 1.82) is 0 Å². The van der Waals surface area contributed by atoms with Crippen LogP contribution in [-0.2, 0) is 9.84 Å². The van der Waals surface area contributed by atoms with Crippen molar-refractivity contribution in [2.45, 2.75) is 4.90 Å². The minimum Gasteiger partial charge on any atom is -0.258 e. The molecule has 0 spiro atoms. The first-order chi connectivity index (χ1) is 9.49. The molecule has 0 saturated carbocycles. The van der Waals surface area contributed by atoms with E-state index in [-0.39, 0.29) is 10.6 Å². The van der Waals surface area contributed by atoms with E-state index in [2.05, 4.69) is 0 Å². The Hall–Kier alpha value is -2.47. The average Bonchev–Trinajstić information content (AvgIpc) is 2.46. The molecule has 0 saturated heterocycles. The predicted octanol–water partition coefficient (Wildman–Crippen LogP) is 3.04. The first-order valence-corrected chi connectivity index (χ1v) is 7.26. The van der Waals surface area contributed by atoms with Gasteiger partial charge in [0.2, 0.25) is 0 Å². The van der Waals surface area contributed by atoms with Gasteiger partial charge in [-0.05, 0) is 35.9 Å². The minimum absolute atomic E-state index is 0.0342. The van der Waals surface area contributed by atoms with Crippen molar-refractivity contribution < 1.29 is 13.3 Å². The van der Waals surface area contributed by atoms with Crippen molar-refractivity contribution in [2.75, 3.05) is 0 Å². The van der Waals surface area contributed by atoms with E-state index in [4.69, 9.17) is 0 Å². The molecule has 0 aliphatic rings. The highest BCUT2D eigenvalue weighted by molar-refractivity contribution is 7.94. The van der Waals surface area contributed by atoms with Gasteiger partial charge in [0.25, 0.3) is 5.69 Å². The van der Waals surface area contributed by atoms with Crippen molar-refractivity contribution in [3.05, 3.63) is 75.7 Å². The Kier molecular flexibility index (Phi) is 3.95. The molecule has 0 aliphatic heterocycles. The number of rotatable bonds is 4. The van der Waals surface area contributed by atoms with Crippen molar-refractivity contribution >= 4 is 21.6 Å². The van der Waals surface area contributed by atoms with Crippen LogP contribution in [0.4, 0.5) is 5.69 Å². The Morgan fingerprint density at radius 1 is 0.950 bits per heavy atom. The number of hydrogen-bond donors (Lipinski definition) is 0. The van der Waals surface area contributed by atoms with Gasteiger partial charge in [-0.3, -0.25) is 10.1 Å². The van der Waals surface area contributed by atoms with Crippen molar-refractivity contribution in [2.24, 2.45) is 0 Å². The molecule has 2 rings (SSSR count). The molecule has 102 valence electrons. The van der Waals surface area contributed by atoms with Crippen LogP contribution in [0.25, 0.3) is 6.08 Å². The third-order valence-electron chi connectivity index (χ3n) is 2.62. The Bertz CT molecular complexity index is 735. The molecule has 0 N–H and O–H groups in total. The second-order valence-corrected chi connectivity index (χ2v) is 5.84. The fraction of sp³-hybridized carbons (Fsp3) is 0. The van der Waals surface area contributed by atoms with Crippen LogP contribution in [-0.4, -0.2) is 13.3 Å². The average molecular weight is 289 g/mol. The summed E-state index contributed by atoms with van der Waals surface area (Å²) in [6, 6.07) is 13.7. The Morgan fingerprint density at radius 2 is 1.55 bits per heavy atom. The van der Waals surface area contributed by atoms with Crippen LogP contribution in [0.1, 0.15) is 5.56 Å². The highest BCUT2D eigenvalue weighted by Gasteiger charge is 2.09. The first kappa shape index (κ1) is 14.0. The third kappa shape index (κ3) is 3.30. The fourth-order valence-corrected chi connectivity index (χ4v) is 2.59. The van der Waals surface area contributed by atoms with E-state index in [1.54, 1.807) is 18.2 Å². The molecule has 0 bridgehead atoms. The van der Waals surface area contributed by atoms with E-state index in [9.17, 15) is 18.5 Å². The minimum atomic E-state index is -3.50. The van der Waals surface area contributed by atoms with Crippen molar-refractivity contribution in [1.82, 2.24) is 0 Å². The zero-order chi connectivity index (χ0) is 14.6. The summed E-state index contributed by atoms with van der Waals surface area (Å²) in [4.78, 5) is 10.2. The van der Waals surface area contributed by atoms with Crippen LogP contribution in [0.3, 0.4) is 0 Å². The fourth-order valence-electron chi connectivity index (χ4n) is 1.56. The van der Waals surface area contributed by atoms with Gasteiger partial charge in [0, 0.05) is 17.5 Å². The summed E-state index contributed by atoms with van der Waals surface area (Å²) in [5.41, 5.74) is 0.545. The molecule has 0 amide bonds. The molecule has 6 heteroatoms. The molecule has 0 radical (unpaired) electrons. The van der Waals surface area contributed by atoms with Crippen LogP contribution >= 0.6 is 0 Å². The molecule has 0 aliphatic carbocycles. The number of hydrogen-bond acceptors (Lipinski definition) is 4. The van der Waals surface area contributed by atoms with E-state index in [0.29, 0.717) is 5.56 Å². The smallest absolute Gasteiger partial charge is 0.258 e. The highest BCUT2D eigenvalue weighted by Crippen LogP contribution is 2.16. The van der Waals surface area contributed by atoms with Crippen LogP contribution in [0.5, 0.6) is 0 Å². The first-order valence-electron chi connectivity index (χ1n) is 5.72. The SMILES string of the molecule is O=[N+]([O-])c1ccc(/C=C/S(=O)(=O)c2ccccc2)cc1. The molecule has 2 aromatic carbocycles. The molecular formula is C14H11NO4S. The Labute approximate surface area is 116 Å². The van der Waals surface area contributed by atoms with Gasteiger partial charge in [0.05, 0.1) is 9.82 Å². The lowest BCUT2D eigenvalue weighted by Crippen LogP contribution is -1.95. The Morgan fingerprint density at radius 3 is 2.10 bits per heavy atom. The second-order valence-electron chi connectivity index (χ2n) is 4.01. The molecule has 20 heavy (non-hydrogen) atoms. The lowest BCUT2D eigenvalue weighted by molar-refractivity contribution is -0.384. The molecule has 5 nitrogen and oxygen atoms in total. The monoisotopic (exact) mass is 289 g/mol. The van der Waals surface area contributed by atoms with Crippen molar-refractivity contribution in [3.8, 4) is 0 Å². The number of nitro benzene ring substituents is 1. The van der Waals surface area contributed by atoms with Gasteiger partial charge in [0.1, 0.15) is 0 Å². The summed E-state index contributed by atoms with van der Waals surface area (Å²) in [6.45, 7) is 0. The summed E-state index contributed by atoms with van der Waals surface area (Å²) < 4.78 is 24.0. The molecule has 0 aromatic heterocycles.